The highest BCUT2D eigenvalue weighted by molar-refractivity contribution is 5.86. The van der Waals surface area contributed by atoms with Gasteiger partial charge in [-0.2, -0.15) is 0 Å². The number of rotatable bonds is 8. The second-order valence-corrected chi connectivity index (χ2v) is 6.07. The van der Waals surface area contributed by atoms with Gasteiger partial charge in [-0.3, -0.25) is 0 Å². The molecule has 2 heteroatoms. The van der Waals surface area contributed by atoms with Crippen LogP contribution in [0.5, 0.6) is 0 Å². The van der Waals surface area contributed by atoms with E-state index in [2.05, 4.69) is 68.6 Å². The maximum atomic E-state index is 5.61. The smallest absolute Gasteiger partial charge is 0.0489 e. The van der Waals surface area contributed by atoms with E-state index in [4.69, 9.17) is 4.74 Å². The van der Waals surface area contributed by atoms with Gasteiger partial charge < -0.3 is 10.1 Å². The highest BCUT2D eigenvalue weighted by Crippen LogP contribution is 2.23. The monoisotopic (exact) mass is 285 g/mol. The third-order valence-corrected chi connectivity index (χ3v) is 3.66. The Labute approximate surface area is 128 Å². The lowest BCUT2D eigenvalue weighted by atomic mass is 10.00. The molecule has 1 atom stereocenters. The minimum absolute atomic E-state index is 0.362. The summed E-state index contributed by atoms with van der Waals surface area (Å²) in [6.07, 6.45) is 1.06. The Morgan fingerprint density at radius 2 is 1.76 bits per heavy atom. The summed E-state index contributed by atoms with van der Waals surface area (Å²) in [4.78, 5) is 0. The highest BCUT2D eigenvalue weighted by Gasteiger charge is 2.07. The molecule has 0 heterocycles. The molecule has 0 saturated carbocycles. The van der Waals surface area contributed by atoms with Crippen LogP contribution in [-0.2, 0) is 4.74 Å². The van der Waals surface area contributed by atoms with E-state index in [9.17, 15) is 0 Å². The van der Waals surface area contributed by atoms with Crippen molar-refractivity contribution in [2.75, 3.05) is 19.8 Å². The first kappa shape index (κ1) is 16.0. The van der Waals surface area contributed by atoms with Crippen molar-refractivity contribution in [2.45, 2.75) is 33.2 Å². The minimum atomic E-state index is 0.362. The molecule has 0 aliphatic rings. The molecule has 0 aliphatic heterocycles. The first-order valence-electron chi connectivity index (χ1n) is 7.97. The van der Waals surface area contributed by atoms with Gasteiger partial charge in [-0.05, 0) is 42.1 Å². The van der Waals surface area contributed by atoms with Crippen molar-refractivity contribution >= 4 is 10.8 Å². The molecule has 21 heavy (non-hydrogen) atoms. The molecule has 2 aromatic carbocycles. The van der Waals surface area contributed by atoms with E-state index in [0.717, 1.165) is 26.2 Å². The Morgan fingerprint density at radius 3 is 2.57 bits per heavy atom. The Morgan fingerprint density at radius 1 is 1.00 bits per heavy atom. The fourth-order valence-electron chi connectivity index (χ4n) is 2.55. The van der Waals surface area contributed by atoms with Crippen LogP contribution in [0.2, 0.25) is 0 Å². The molecule has 2 rings (SSSR count). The van der Waals surface area contributed by atoms with E-state index in [-0.39, 0.29) is 0 Å². The molecule has 0 aliphatic carbocycles. The summed E-state index contributed by atoms with van der Waals surface area (Å²) in [7, 11) is 0. The van der Waals surface area contributed by atoms with E-state index in [1.807, 2.05) is 0 Å². The lowest BCUT2D eigenvalue weighted by Crippen LogP contribution is -2.21. The lowest BCUT2D eigenvalue weighted by molar-refractivity contribution is 0.107. The normalized spacial score (nSPS) is 13.0. The van der Waals surface area contributed by atoms with Crippen LogP contribution >= 0.6 is 0 Å². The molecule has 114 valence electrons. The van der Waals surface area contributed by atoms with Gasteiger partial charge in [0.15, 0.2) is 0 Å². The summed E-state index contributed by atoms with van der Waals surface area (Å²) >= 11 is 0. The number of hydrogen-bond acceptors (Lipinski definition) is 2. The molecule has 1 unspecified atom stereocenters. The topological polar surface area (TPSA) is 21.3 Å². The lowest BCUT2D eigenvalue weighted by Gasteiger charge is -2.16. The Kier molecular flexibility index (Phi) is 6.21. The standard InChI is InChI=1S/C19H27NO/c1-15(2)14-21-13-7-12-20-16(3)18-11-6-9-17-8-4-5-10-19(17)18/h4-6,8-11,15-16,20H,7,12-14H2,1-3H3. The van der Waals surface area contributed by atoms with Crippen molar-refractivity contribution in [2.24, 2.45) is 5.92 Å². The molecule has 0 spiro atoms. The van der Waals surface area contributed by atoms with E-state index < -0.39 is 0 Å². The second-order valence-electron chi connectivity index (χ2n) is 6.07. The van der Waals surface area contributed by atoms with Crippen LogP contribution in [0, 0.1) is 5.92 Å². The zero-order valence-corrected chi connectivity index (χ0v) is 13.4. The zero-order chi connectivity index (χ0) is 15.1. The van der Waals surface area contributed by atoms with E-state index in [1.165, 1.54) is 16.3 Å². The first-order valence-corrected chi connectivity index (χ1v) is 7.97. The van der Waals surface area contributed by atoms with Crippen LogP contribution in [0.3, 0.4) is 0 Å². The molecule has 2 aromatic rings. The SMILES string of the molecule is CC(C)COCCCNC(C)c1cccc2ccccc12. The highest BCUT2D eigenvalue weighted by atomic mass is 16.5. The Balaban J connectivity index is 1.84. The Hall–Kier alpha value is -1.38. The van der Waals surface area contributed by atoms with Crippen molar-refractivity contribution in [3.8, 4) is 0 Å². The molecule has 0 saturated heterocycles. The van der Waals surface area contributed by atoms with Gasteiger partial charge in [0.25, 0.3) is 0 Å². The summed E-state index contributed by atoms with van der Waals surface area (Å²) in [6, 6.07) is 15.5. The predicted octanol–water partition coefficient (Wildman–Crippen LogP) is 4.55. The summed E-state index contributed by atoms with van der Waals surface area (Å²) in [5.41, 5.74) is 1.37. The fourth-order valence-corrected chi connectivity index (χ4v) is 2.55. The first-order chi connectivity index (χ1) is 10.2. The summed E-state index contributed by atoms with van der Waals surface area (Å²) in [5, 5.41) is 6.25. The third kappa shape index (κ3) is 4.83. The number of benzene rings is 2. The molecule has 0 amide bonds. The number of nitrogens with one attached hydrogen (secondary N) is 1. The van der Waals surface area contributed by atoms with Crippen LogP contribution in [0.15, 0.2) is 42.5 Å². The van der Waals surface area contributed by atoms with Crippen LogP contribution < -0.4 is 5.32 Å². The molecule has 1 N–H and O–H groups in total. The van der Waals surface area contributed by atoms with Crippen LogP contribution in [-0.4, -0.2) is 19.8 Å². The van der Waals surface area contributed by atoms with Crippen molar-refractivity contribution in [1.82, 2.24) is 5.32 Å². The number of ether oxygens (including phenoxy) is 1. The summed E-state index contributed by atoms with van der Waals surface area (Å²) < 4.78 is 5.61. The van der Waals surface area contributed by atoms with Gasteiger partial charge in [-0.1, -0.05) is 56.3 Å². The van der Waals surface area contributed by atoms with E-state index in [1.54, 1.807) is 0 Å². The average Bonchev–Trinajstić information content (AvgIpc) is 2.49. The Bertz CT molecular complexity index is 545. The molecular formula is C19H27NO. The molecule has 0 radical (unpaired) electrons. The molecular weight excluding hydrogens is 258 g/mol. The van der Waals surface area contributed by atoms with Gasteiger partial charge >= 0.3 is 0 Å². The maximum absolute atomic E-state index is 5.61. The summed E-state index contributed by atoms with van der Waals surface area (Å²) in [6.45, 7) is 9.28. The van der Waals surface area contributed by atoms with Gasteiger partial charge in [-0.15, -0.1) is 0 Å². The number of hydrogen-bond donors (Lipinski definition) is 1. The van der Waals surface area contributed by atoms with Crippen molar-refractivity contribution < 1.29 is 4.74 Å². The summed E-state index contributed by atoms with van der Waals surface area (Å²) in [5.74, 6) is 0.618. The van der Waals surface area contributed by atoms with Gasteiger partial charge in [-0.25, -0.2) is 0 Å². The quantitative estimate of drug-likeness (QED) is 0.718. The van der Waals surface area contributed by atoms with E-state index in [0.29, 0.717) is 12.0 Å². The van der Waals surface area contributed by atoms with Crippen molar-refractivity contribution in [1.29, 1.82) is 0 Å². The molecule has 0 fully saturated rings. The van der Waals surface area contributed by atoms with E-state index >= 15 is 0 Å². The van der Waals surface area contributed by atoms with Gasteiger partial charge in [0.05, 0.1) is 0 Å². The predicted molar refractivity (Wildman–Crippen MR) is 90.6 cm³/mol. The second kappa shape index (κ2) is 8.16. The zero-order valence-electron chi connectivity index (χ0n) is 13.4. The largest absolute Gasteiger partial charge is 0.381 e. The molecule has 0 bridgehead atoms. The molecule has 0 aromatic heterocycles. The third-order valence-electron chi connectivity index (χ3n) is 3.66. The average molecular weight is 285 g/mol. The van der Waals surface area contributed by atoms with Crippen LogP contribution in [0.4, 0.5) is 0 Å². The fraction of sp³-hybridized carbons (Fsp3) is 0.474. The van der Waals surface area contributed by atoms with Crippen LogP contribution in [0.1, 0.15) is 38.8 Å². The van der Waals surface area contributed by atoms with Crippen molar-refractivity contribution in [3.05, 3.63) is 48.0 Å². The van der Waals surface area contributed by atoms with Crippen molar-refractivity contribution in [3.63, 3.8) is 0 Å². The number of fused-ring (bicyclic) bond motifs is 1. The minimum Gasteiger partial charge on any atom is -0.381 e. The van der Waals surface area contributed by atoms with Crippen LogP contribution in [0.25, 0.3) is 10.8 Å². The van der Waals surface area contributed by atoms with Gasteiger partial charge in [0.2, 0.25) is 0 Å². The maximum Gasteiger partial charge on any atom is 0.0489 e. The van der Waals surface area contributed by atoms with Gasteiger partial charge in [0, 0.05) is 19.3 Å². The van der Waals surface area contributed by atoms with Gasteiger partial charge in [0.1, 0.15) is 0 Å². The molecule has 2 nitrogen and oxygen atoms in total.